The lowest BCUT2D eigenvalue weighted by atomic mass is 10.0. The summed E-state index contributed by atoms with van der Waals surface area (Å²) in [6, 6.07) is -0.740. The number of carbonyl (C=O) groups is 4. The van der Waals surface area contributed by atoms with Gasteiger partial charge >= 0.3 is 0 Å². The molecule has 2 rings (SSSR count). The van der Waals surface area contributed by atoms with Crippen molar-refractivity contribution in [3.05, 3.63) is 24.6 Å². The molecule has 130 valence electrons. The molecule has 2 aliphatic heterocycles. The fourth-order valence-corrected chi connectivity index (χ4v) is 2.94. The minimum atomic E-state index is -0.421. The van der Waals surface area contributed by atoms with Crippen LogP contribution in [0.1, 0.15) is 39.5 Å². The Bertz CT molecular complexity index is 542. The van der Waals surface area contributed by atoms with Crippen LogP contribution >= 0.6 is 0 Å². The maximum absolute atomic E-state index is 11.6. The van der Waals surface area contributed by atoms with Crippen LogP contribution in [0.15, 0.2) is 24.6 Å². The van der Waals surface area contributed by atoms with Gasteiger partial charge in [-0.25, -0.2) is 0 Å². The van der Waals surface area contributed by atoms with Gasteiger partial charge in [-0.1, -0.05) is 12.8 Å². The van der Waals surface area contributed by atoms with E-state index in [9.17, 15) is 19.2 Å². The number of allylic oxidation sites excluding steroid dienone is 2. The van der Waals surface area contributed by atoms with E-state index in [1.807, 2.05) is 9.80 Å². The summed E-state index contributed by atoms with van der Waals surface area (Å²) in [5, 5.41) is 0. The molecule has 6 heteroatoms. The largest absolute Gasteiger partial charge is 0.367 e. The SMILES string of the molecule is CC1C(=O)C(=O)C=CN1CCCCCCN1C=CC(=O)C(=O)C1C. The fraction of sp³-hybridized carbons (Fsp3) is 0.556. The van der Waals surface area contributed by atoms with E-state index in [0.29, 0.717) is 0 Å². The van der Waals surface area contributed by atoms with Crippen molar-refractivity contribution >= 4 is 23.1 Å². The first kappa shape index (κ1) is 18.1. The van der Waals surface area contributed by atoms with Gasteiger partial charge in [0.05, 0.1) is 12.1 Å². The topological polar surface area (TPSA) is 74.8 Å². The summed E-state index contributed by atoms with van der Waals surface area (Å²) in [4.78, 5) is 49.6. The van der Waals surface area contributed by atoms with Gasteiger partial charge in [0.2, 0.25) is 23.1 Å². The number of ketones is 4. The van der Waals surface area contributed by atoms with Crippen molar-refractivity contribution in [2.75, 3.05) is 13.1 Å². The summed E-state index contributed by atoms with van der Waals surface area (Å²) in [5.41, 5.74) is 0. The highest BCUT2D eigenvalue weighted by Gasteiger charge is 2.28. The lowest BCUT2D eigenvalue weighted by Gasteiger charge is -2.29. The standard InChI is InChI=1S/C18H24N2O4/c1-13-17(23)15(21)7-11-19(13)9-5-3-4-6-10-20-12-8-16(22)18(24)14(20)2/h7-8,11-14H,3-6,9-10H2,1-2H3. The molecular weight excluding hydrogens is 308 g/mol. The van der Waals surface area contributed by atoms with Crippen molar-refractivity contribution in [2.45, 2.75) is 51.6 Å². The summed E-state index contributed by atoms with van der Waals surface area (Å²) in [5.74, 6) is -1.53. The Balaban J connectivity index is 1.64. The summed E-state index contributed by atoms with van der Waals surface area (Å²) in [6.07, 6.45) is 10.00. The van der Waals surface area contributed by atoms with Crippen LogP contribution in [-0.4, -0.2) is 58.1 Å². The third kappa shape index (κ3) is 4.19. The van der Waals surface area contributed by atoms with Gasteiger partial charge in [0, 0.05) is 37.6 Å². The minimum absolute atomic E-state index is 0.345. The number of hydrogen-bond acceptors (Lipinski definition) is 6. The van der Waals surface area contributed by atoms with Crippen molar-refractivity contribution in [1.82, 2.24) is 9.80 Å². The number of unbranched alkanes of at least 4 members (excludes halogenated alkanes) is 3. The minimum Gasteiger partial charge on any atom is -0.367 e. The normalized spacial score (nSPS) is 24.2. The molecule has 0 spiro atoms. The number of rotatable bonds is 7. The lowest BCUT2D eigenvalue weighted by Crippen LogP contribution is -2.42. The average Bonchev–Trinajstić information content (AvgIpc) is 2.57. The van der Waals surface area contributed by atoms with E-state index < -0.39 is 11.6 Å². The summed E-state index contributed by atoms with van der Waals surface area (Å²) < 4.78 is 0. The smallest absolute Gasteiger partial charge is 0.225 e. The van der Waals surface area contributed by atoms with Crippen molar-refractivity contribution < 1.29 is 19.2 Å². The van der Waals surface area contributed by atoms with E-state index in [1.54, 1.807) is 26.2 Å². The molecule has 0 aromatic carbocycles. The van der Waals surface area contributed by atoms with Crippen LogP contribution in [0, 0.1) is 0 Å². The van der Waals surface area contributed by atoms with Crippen LogP contribution in [0.4, 0.5) is 0 Å². The lowest BCUT2D eigenvalue weighted by molar-refractivity contribution is -0.137. The Labute approximate surface area is 142 Å². The van der Waals surface area contributed by atoms with Gasteiger partial charge < -0.3 is 9.80 Å². The van der Waals surface area contributed by atoms with Gasteiger partial charge in [0.15, 0.2) is 0 Å². The van der Waals surface area contributed by atoms with Crippen LogP contribution in [0.2, 0.25) is 0 Å². The van der Waals surface area contributed by atoms with E-state index in [2.05, 4.69) is 0 Å². The molecule has 2 heterocycles. The quantitative estimate of drug-likeness (QED) is 0.516. The van der Waals surface area contributed by atoms with Crippen molar-refractivity contribution in [1.29, 1.82) is 0 Å². The zero-order valence-corrected chi connectivity index (χ0v) is 14.2. The Hall–Kier alpha value is -2.24. The Morgan fingerprint density at radius 3 is 1.46 bits per heavy atom. The first-order valence-electron chi connectivity index (χ1n) is 8.46. The van der Waals surface area contributed by atoms with Crippen LogP contribution in [0.5, 0.6) is 0 Å². The predicted octanol–water partition coefficient (Wildman–Crippen LogP) is 1.26. The molecule has 2 unspecified atom stereocenters. The molecular formula is C18H24N2O4. The van der Waals surface area contributed by atoms with Crippen LogP contribution in [-0.2, 0) is 19.2 Å². The number of nitrogens with zero attached hydrogens (tertiary/aromatic N) is 2. The Kier molecular flexibility index (Phi) is 6.06. The van der Waals surface area contributed by atoms with Gasteiger partial charge in [-0.15, -0.1) is 0 Å². The van der Waals surface area contributed by atoms with Gasteiger partial charge in [-0.3, -0.25) is 19.2 Å². The second-order valence-electron chi connectivity index (χ2n) is 6.33. The molecule has 0 saturated heterocycles. The first-order chi connectivity index (χ1) is 11.4. The van der Waals surface area contributed by atoms with Gasteiger partial charge in [0.1, 0.15) is 0 Å². The van der Waals surface area contributed by atoms with E-state index in [1.165, 1.54) is 12.2 Å². The van der Waals surface area contributed by atoms with Crippen molar-refractivity contribution in [3.8, 4) is 0 Å². The molecule has 2 aliphatic rings. The highest BCUT2D eigenvalue weighted by Crippen LogP contribution is 2.13. The molecule has 0 amide bonds. The molecule has 24 heavy (non-hydrogen) atoms. The van der Waals surface area contributed by atoms with Crippen LogP contribution in [0.25, 0.3) is 0 Å². The molecule has 0 bridgehead atoms. The third-order valence-electron chi connectivity index (χ3n) is 4.66. The highest BCUT2D eigenvalue weighted by molar-refractivity contribution is 6.44. The van der Waals surface area contributed by atoms with E-state index in [-0.39, 0.29) is 23.7 Å². The molecule has 0 radical (unpaired) electrons. The molecule has 0 aromatic heterocycles. The molecule has 2 atom stereocenters. The van der Waals surface area contributed by atoms with E-state index in [4.69, 9.17) is 0 Å². The maximum Gasteiger partial charge on any atom is 0.225 e. The zero-order chi connectivity index (χ0) is 17.7. The van der Waals surface area contributed by atoms with Crippen molar-refractivity contribution in [2.24, 2.45) is 0 Å². The summed E-state index contributed by atoms with van der Waals surface area (Å²) >= 11 is 0. The second kappa shape index (κ2) is 8.04. The second-order valence-corrected chi connectivity index (χ2v) is 6.33. The Morgan fingerprint density at radius 1 is 0.708 bits per heavy atom. The van der Waals surface area contributed by atoms with Gasteiger partial charge in [-0.2, -0.15) is 0 Å². The molecule has 0 aromatic rings. The molecule has 0 saturated carbocycles. The fourth-order valence-electron chi connectivity index (χ4n) is 2.94. The van der Waals surface area contributed by atoms with E-state index >= 15 is 0 Å². The van der Waals surface area contributed by atoms with Crippen LogP contribution in [0.3, 0.4) is 0 Å². The van der Waals surface area contributed by atoms with Crippen molar-refractivity contribution in [3.63, 3.8) is 0 Å². The average molecular weight is 332 g/mol. The van der Waals surface area contributed by atoms with Crippen LogP contribution < -0.4 is 0 Å². The number of carbonyl (C=O) groups excluding carboxylic acids is 4. The van der Waals surface area contributed by atoms with E-state index in [0.717, 1.165) is 38.8 Å². The van der Waals surface area contributed by atoms with Gasteiger partial charge in [-0.05, 0) is 26.7 Å². The molecule has 0 fully saturated rings. The maximum atomic E-state index is 11.6. The predicted molar refractivity (Wildman–Crippen MR) is 89.1 cm³/mol. The third-order valence-corrected chi connectivity index (χ3v) is 4.66. The number of hydrogen-bond donors (Lipinski definition) is 0. The highest BCUT2D eigenvalue weighted by atomic mass is 16.2. The zero-order valence-electron chi connectivity index (χ0n) is 14.2. The van der Waals surface area contributed by atoms with Gasteiger partial charge in [0.25, 0.3) is 0 Å². The monoisotopic (exact) mass is 332 g/mol. The molecule has 0 aliphatic carbocycles. The summed E-state index contributed by atoms with van der Waals surface area (Å²) in [6.45, 7) is 5.02. The number of Topliss-reactive ketones (excluding diaryl/α,β-unsaturated/α-hetero) is 2. The summed E-state index contributed by atoms with van der Waals surface area (Å²) in [7, 11) is 0. The molecule has 6 nitrogen and oxygen atoms in total. The first-order valence-corrected chi connectivity index (χ1v) is 8.46. The molecule has 0 N–H and O–H groups in total. The Morgan fingerprint density at radius 2 is 1.08 bits per heavy atom.